The molecule has 0 spiro atoms. The van der Waals surface area contributed by atoms with Gasteiger partial charge in [-0.15, -0.1) is 6.58 Å². The summed E-state index contributed by atoms with van der Waals surface area (Å²) in [5.74, 6) is -0.827. The second kappa shape index (κ2) is 5.58. The van der Waals surface area contributed by atoms with Crippen LogP contribution < -0.4 is 4.90 Å². The van der Waals surface area contributed by atoms with Gasteiger partial charge in [0.05, 0.1) is 5.92 Å². The van der Waals surface area contributed by atoms with Crippen molar-refractivity contribution in [3.63, 3.8) is 0 Å². The minimum absolute atomic E-state index is 0.106. The molecule has 2 aromatic rings. The van der Waals surface area contributed by atoms with E-state index < -0.39 is 17.3 Å². The number of aliphatic carboxylic acids is 1. The van der Waals surface area contributed by atoms with Crippen LogP contribution in [0.3, 0.4) is 0 Å². The van der Waals surface area contributed by atoms with Crippen LogP contribution >= 0.6 is 0 Å². The number of anilines is 1. The number of amides is 1. The van der Waals surface area contributed by atoms with Crippen molar-refractivity contribution in [2.24, 2.45) is 11.3 Å². The number of carboxylic acids is 1. The molecule has 2 aliphatic rings. The van der Waals surface area contributed by atoms with E-state index in [-0.39, 0.29) is 19.0 Å². The van der Waals surface area contributed by atoms with Crippen molar-refractivity contribution in [2.45, 2.75) is 0 Å². The summed E-state index contributed by atoms with van der Waals surface area (Å²) in [5.41, 5.74) is -1.08. The molecular weight excluding hydrogens is 318 g/mol. The number of carbonyl (C=O) groups excluding carboxylic acids is 1. The molecule has 0 radical (unpaired) electrons. The molecule has 0 saturated carbocycles. The molecule has 2 atom stereocenters. The van der Waals surface area contributed by atoms with Gasteiger partial charge in [-0.25, -0.2) is 4.98 Å². The molecule has 2 saturated heterocycles. The Morgan fingerprint density at radius 3 is 2.88 bits per heavy atom. The van der Waals surface area contributed by atoms with E-state index in [1.54, 1.807) is 17.2 Å². The predicted octanol–water partition coefficient (Wildman–Crippen LogP) is 1.77. The van der Waals surface area contributed by atoms with Crippen LogP contribution in [-0.2, 0) is 9.59 Å². The average molecular weight is 337 g/mol. The molecular formula is C19H19N3O3. The van der Waals surface area contributed by atoms with Gasteiger partial charge in [-0.05, 0) is 11.5 Å². The van der Waals surface area contributed by atoms with Crippen LogP contribution in [-0.4, -0.2) is 53.0 Å². The van der Waals surface area contributed by atoms with Gasteiger partial charge in [-0.1, -0.05) is 30.3 Å². The average Bonchev–Trinajstić information content (AvgIpc) is 3.11. The molecule has 4 rings (SSSR count). The number of pyridine rings is 1. The fraction of sp³-hybridized carbons (Fsp3) is 0.316. The molecule has 1 amide bonds. The van der Waals surface area contributed by atoms with Crippen LogP contribution in [0.5, 0.6) is 0 Å². The maximum Gasteiger partial charge on any atom is 0.314 e. The molecule has 3 heterocycles. The van der Waals surface area contributed by atoms with Gasteiger partial charge < -0.3 is 14.9 Å². The fourth-order valence-electron chi connectivity index (χ4n) is 4.14. The lowest BCUT2D eigenvalue weighted by atomic mass is 9.81. The molecule has 2 fully saturated rings. The van der Waals surface area contributed by atoms with Gasteiger partial charge in [0, 0.05) is 37.8 Å². The number of aromatic nitrogens is 1. The zero-order valence-corrected chi connectivity index (χ0v) is 13.8. The maximum absolute atomic E-state index is 12.7. The first-order chi connectivity index (χ1) is 12.1. The highest BCUT2D eigenvalue weighted by Gasteiger charge is 2.62. The van der Waals surface area contributed by atoms with E-state index in [1.807, 2.05) is 35.2 Å². The van der Waals surface area contributed by atoms with Crippen molar-refractivity contribution < 1.29 is 14.7 Å². The van der Waals surface area contributed by atoms with Gasteiger partial charge in [0.2, 0.25) is 5.91 Å². The molecule has 128 valence electrons. The number of benzene rings is 1. The van der Waals surface area contributed by atoms with Crippen molar-refractivity contribution in [1.29, 1.82) is 0 Å². The number of carboxylic acid groups (broad SMARTS) is 1. The molecule has 1 N–H and O–H groups in total. The topological polar surface area (TPSA) is 73.7 Å². The summed E-state index contributed by atoms with van der Waals surface area (Å²) in [7, 11) is 0. The fourth-order valence-corrected chi connectivity index (χ4v) is 4.14. The predicted molar refractivity (Wildman–Crippen MR) is 94.3 cm³/mol. The van der Waals surface area contributed by atoms with Crippen LogP contribution in [0.4, 0.5) is 5.82 Å². The van der Waals surface area contributed by atoms with E-state index in [0.717, 1.165) is 16.6 Å². The van der Waals surface area contributed by atoms with Gasteiger partial charge >= 0.3 is 5.97 Å². The Balaban J connectivity index is 1.73. The first-order valence-electron chi connectivity index (χ1n) is 8.28. The van der Waals surface area contributed by atoms with Crippen molar-refractivity contribution in [3.8, 4) is 0 Å². The lowest BCUT2D eigenvalue weighted by molar-refractivity contribution is -0.149. The van der Waals surface area contributed by atoms with Crippen molar-refractivity contribution >= 4 is 28.5 Å². The quantitative estimate of drug-likeness (QED) is 0.861. The van der Waals surface area contributed by atoms with E-state index >= 15 is 0 Å². The van der Waals surface area contributed by atoms with Crippen molar-refractivity contribution in [1.82, 2.24) is 9.88 Å². The Hall–Kier alpha value is -2.89. The largest absolute Gasteiger partial charge is 0.481 e. The molecule has 0 bridgehead atoms. The van der Waals surface area contributed by atoms with E-state index in [1.165, 1.54) is 0 Å². The number of likely N-dealkylation sites (tertiary alicyclic amines) is 1. The minimum atomic E-state index is -1.08. The van der Waals surface area contributed by atoms with Gasteiger partial charge in [0.15, 0.2) is 0 Å². The zero-order valence-electron chi connectivity index (χ0n) is 13.8. The number of fused-ring (bicyclic) bond motifs is 2. The van der Waals surface area contributed by atoms with Crippen molar-refractivity contribution in [3.05, 3.63) is 49.2 Å². The summed E-state index contributed by atoms with van der Waals surface area (Å²) in [6.45, 7) is 4.92. The van der Waals surface area contributed by atoms with E-state index in [4.69, 9.17) is 0 Å². The third-order valence-corrected chi connectivity index (χ3v) is 5.35. The SMILES string of the molecule is C=CCN1C[C@]2(C(=O)O)CN(c3nccc4ccccc34)C[C@@H]2C1=O. The first kappa shape index (κ1) is 15.6. The van der Waals surface area contributed by atoms with E-state index in [2.05, 4.69) is 11.6 Å². The summed E-state index contributed by atoms with van der Waals surface area (Å²) in [6.07, 6.45) is 3.36. The Kier molecular flexibility index (Phi) is 3.49. The number of nitrogens with zero attached hydrogens (tertiary/aromatic N) is 3. The summed E-state index contributed by atoms with van der Waals surface area (Å²) < 4.78 is 0. The van der Waals surface area contributed by atoms with Crippen LogP contribution in [0.15, 0.2) is 49.2 Å². The molecule has 0 unspecified atom stereocenters. The lowest BCUT2D eigenvalue weighted by Gasteiger charge is -2.26. The Bertz CT molecular complexity index is 876. The van der Waals surface area contributed by atoms with Gasteiger partial charge in [0.25, 0.3) is 0 Å². The highest BCUT2D eigenvalue weighted by molar-refractivity contribution is 5.96. The van der Waals surface area contributed by atoms with Gasteiger partial charge in [-0.3, -0.25) is 9.59 Å². The normalized spacial score (nSPS) is 25.4. The first-order valence-corrected chi connectivity index (χ1v) is 8.28. The third-order valence-electron chi connectivity index (χ3n) is 5.35. The lowest BCUT2D eigenvalue weighted by Crippen LogP contribution is -2.41. The number of hydrogen-bond donors (Lipinski definition) is 1. The van der Waals surface area contributed by atoms with Crippen LogP contribution in [0, 0.1) is 11.3 Å². The Labute approximate surface area is 145 Å². The summed E-state index contributed by atoms with van der Waals surface area (Å²) in [5, 5.41) is 11.9. The monoisotopic (exact) mass is 337 g/mol. The van der Waals surface area contributed by atoms with Crippen LogP contribution in [0.2, 0.25) is 0 Å². The molecule has 1 aromatic carbocycles. The van der Waals surface area contributed by atoms with E-state index in [0.29, 0.717) is 13.1 Å². The zero-order chi connectivity index (χ0) is 17.6. The standard InChI is InChI=1S/C19H19N3O3/c1-2-9-21-11-19(18(24)25)12-22(10-15(19)17(21)23)16-14-6-4-3-5-13(14)7-8-20-16/h2-8,15H,1,9-12H2,(H,24,25)/t15-,19+/m1/s1. The molecule has 6 nitrogen and oxygen atoms in total. The highest BCUT2D eigenvalue weighted by atomic mass is 16.4. The van der Waals surface area contributed by atoms with Crippen molar-refractivity contribution in [2.75, 3.05) is 31.1 Å². The van der Waals surface area contributed by atoms with Crippen LogP contribution in [0.1, 0.15) is 0 Å². The second-order valence-corrected chi connectivity index (χ2v) is 6.76. The number of hydrogen-bond acceptors (Lipinski definition) is 4. The number of rotatable bonds is 4. The smallest absolute Gasteiger partial charge is 0.314 e. The highest BCUT2D eigenvalue weighted by Crippen LogP contribution is 2.45. The Morgan fingerprint density at radius 1 is 1.36 bits per heavy atom. The molecule has 2 aliphatic heterocycles. The minimum Gasteiger partial charge on any atom is -0.481 e. The number of carbonyl (C=O) groups is 2. The van der Waals surface area contributed by atoms with Gasteiger partial charge in [-0.2, -0.15) is 0 Å². The summed E-state index contributed by atoms with van der Waals surface area (Å²) in [4.78, 5) is 32.8. The maximum atomic E-state index is 12.7. The second-order valence-electron chi connectivity index (χ2n) is 6.76. The van der Waals surface area contributed by atoms with Crippen LogP contribution in [0.25, 0.3) is 10.8 Å². The van der Waals surface area contributed by atoms with E-state index in [9.17, 15) is 14.7 Å². The summed E-state index contributed by atoms with van der Waals surface area (Å²) >= 11 is 0. The molecule has 25 heavy (non-hydrogen) atoms. The molecule has 6 heteroatoms. The summed E-state index contributed by atoms with van der Waals surface area (Å²) in [6, 6.07) is 9.81. The molecule has 1 aromatic heterocycles. The third kappa shape index (κ3) is 2.21. The molecule has 0 aliphatic carbocycles. The Morgan fingerprint density at radius 2 is 2.16 bits per heavy atom. The van der Waals surface area contributed by atoms with Gasteiger partial charge in [0.1, 0.15) is 11.2 Å².